The van der Waals surface area contributed by atoms with Crippen LogP contribution in [-0.2, 0) is 65.4 Å². The van der Waals surface area contributed by atoms with Crippen LogP contribution in [0.4, 0.5) is 0 Å². The second-order valence-corrected chi connectivity index (χ2v) is 31.8. The molecular formula is C79H154O17P2. The molecule has 0 heterocycles. The van der Waals surface area contributed by atoms with E-state index in [1.165, 1.54) is 231 Å². The molecule has 0 aliphatic heterocycles. The first-order valence-electron chi connectivity index (χ1n) is 41.1. The first-order valence-corrected chi connectivity index (χ1v) is 44.1. The minimum atomic E-state index is -4.96. The molecular weight excluding hydrogens is 1280 g/mol. The van der Waals surface area contributed by atoms with E-state index in [0.29, 0.717) is 25.7 Å². The van der Waals surface area contributed by atoms with Crippen molar-refractivity contribution in [3.63, 3.8) is 0 Å². The van der Waals surface area contributed by atoms with Gasteiger partial charge in [0.05, 0.1) is 26.4 Å². The van der Waals surface area contributed by atoms with Crippen molar-refractivity contribution in [2.45, 2.75) is 438 Å². The Bertz CT molecular complexity index is 1870. The van der Waals surface area contributed by atoms with Crippen molar-refractivity contribution in [2.24, 2.45) is 5.92 Å². The highest BCUT2D eigenvalue weighted by Gasteiger charge is 2.30. The zero-order valence-electron chi connectivity index (χ0n) is 63.9. The summed E-state index contributed by atoms with van der Waals surface area (Å²) >= 11 is 0. The maximum atomic E-state index is 13.1. The van der Waals surface area contributed by atoms with Gasteiger partial charge in [-0.05, 0) is 31.6 Å². The van der Waals surface area contributed by atoms with E-state index >= 15 is 0 Å². The van der Waals surface area contributed by atoms with Crippen molar-refractivity contribution in [2.75, 3.05) is 39.6 Å². The van der Waals surface area contributed by atoms with Gasteiger partial charge in [-0.3, -0.25) is 37.3 Å². The molecule has 0 aromatic heterocycles. The van der Waals surface area contributed by atoms with Crippen LogP contribution in [0.2, 0.25) is 0 Å². The molecule has 0 aromatic rings. The highest BCUT2D eigenvalue weighted by Crippen LogP contribution is 2.45. The molecule has 0 amide bonds. The lowest BCUT2D eigenvalue weighted by atomic mass is 10.0. The second kappa shape index (κ2) is 72.0. The highest BCUT2D eigenvalue weighted by molar-refractivity contribution is 7.47. The van der Waals surface area contributed by atoms with E-state index in [1.54, 1.807) is 0 Å². The van der Waals surface area contributed by atoms with E-state index in [2.05, 4.69) is 34.6 Å². The molecule has 0 aliphatic rings. The molecule has 3 N–H and O–H groups in total. The monoisotopic (exact) mass is 1440 g/mol. The SMILES string of the molecule is CCCCCCCCCCCCCCCCCCCCCCCCC(=O)O[C@H](COC(=O)CCCCCCCCCCCCCCCCCCCC)COP(=O)(O)OC[C@@H](O)COP(=O)(O)OC[C@@H](COC(=O)CCCCCCCCC)OC(=O)CCCCCCCCCCC(C)C. The third-order valence-corrected chi connectivity index (χ3v) is 20.4. The van der Waals surface area contributed by atoms with Gasteiger partial charge in [0.2, 0.25) is 0 Å². The second-order valence-electron chi connectivity index (χ2n) is 28.9. The highest BCUT2D eigenvalue weighted by atomic mass is 31.2. The number of phosphoric acid groups is 2. The lowest BCUT2D eigenvalue weighted by Crippen LogP contribution is -2.30. The topological polar surface area (TPSA) is 237 Å². The Morgan fingerprint density at radius 2 is 0.469 bits per heavy atom. The Morgan fingerprint density at radius 1 is 0.276 bits per heavy atom. The summed E-state index contributed by atoms with van der Waals surface area (Å²) < 4.78 is 68.5. The number of aliphatic hydroxyl groups excluding tert-OH is 1. The summed E-state index contributed by atoms with van der Waals surface area (Å²) in [5.74, 6) is -1.40. The molecule has 5 atom stereocenters. The van der Waals surface area contributed by atoms with Gasteiger partial charge in [-0.2, -0.15) is 0 Å². The Labute approximate surface area is 600 Å². The minimum Gasteiger partial charge on any atom is -0.462 e. The van der Waals surface area contributed by atoms with Gasteiger partial charge in [0.15, 0.2) is 12.2 Å². The van der Waals surface area contributed by atoms with Gasteiger partial charge in [-0.1, -0.05) is 369 Å². The molecule has 0 aliphatic carbocycles. The minimum absolute atomic E-state index is 0.105. The first kappa shape index (κ1) is 96.1. The molecule has 582 valence electrons. The lowest BCUT2D eigenvalue weighted by Gasteiger charge is -2.21. The molecule has 0 bridgehead atoms. The van der Waals surface area contributed by atoms with Gasteiger partial charge in [0.25, 0.3) is 0 Å². The van der Waals surface area contributed by atoms with Gasteiger partial charge in [-0.25, -0.2) is 9.13 Å². The number of rotatable bonds is 79. The Kier molecular flexibility index (Phi) is 70.6. The summed E-state index contributed by atoms with van der Waals surface area (Å²) in [5, 5.41) is 10.6. The summed E-state index contributed by atoms with van der Waals surface area (Å²) in [4.78, 5) is 72.7. The summed E-state index contributed by atoms with van der Waals surface area (Å²) in [5.41, 5.74) is 0. The molecule has 0 spiro atoms. The fourth-order valence-electron chi connectivity index (χ4n) is 12.2. The van der Waals surface area contributed by atoms with Crippen LogP contribution in [-0.4, -0.2) is 96.7 Å². The van der Waals surface area contributed by atoms with Crippen LogP contribution in [0.1, 0.15) is 420 Å². The zero-order chi connectivity index (χ0) is 71.9. The van der Waals surface area contributed by atoms with Crippen molar-refractivity contribution >= 4 is 39.5 Å². The fourth-order valence-corrected chi connectivity index (χ4v) is 13.8. The Morgan fingerprint density at radius 3 is 0.694 bits per heavy atom. The lowest BCUT2D eigenvalue weighted by molar-refractivity contribution is -0.161. The van der Waals surface area contributed by atoms with Crippen LogP contribution in [0.5, 0.6) is 0 Å². The third-order valence-electron chi connectivity index (χ3n) is 18.5. The van der Waals surface area contributed by atoms with E-state index in [9.17, 15) is 43.2 Å². The number of hydrogen-bond donors (Lipinski definition) is 3. The van der Waals surface area contributed by atoms with Crippen LogP contribution in [0, 0.1) is 5.92 Å². The van der Waals surface area contributed by atoms with Gasteiger partial charge in [0.1, 0.15) is 19.3 Å². The maximum Gasteiger partial charge on any atom is 0.472 e. The van der Waals surface area contributed by atoms with E-state index in [1.807, 2.05) is 0 Å². The number of carbonyl (C=O) groups excluding carboxylic acids is 4. The summed E-state index contributed by atoms with van der Waals surface area (Å²) in [6, 6.07) is 0. The molecule has 0 fully saturated rings. The molecule has 98 heavy (non-hydrogen) atoms. The van der Waals surface area contributed by atoms with Gasteiger partial charge in [-0.15, -0.1) is 0 Å². The number of hydrogen-bond acceptors (Lipinski definition) is 15. The first-order chi connectivity index (χ1) is 47.5. The zero-order valence-corrected chi connectivity index (χ0v) is 65.7. The number of unbranched alkanes of at least 4 members (excludes halogenated alkanes) is 51. The summed E-state index contributed by atoms with van der Waals surface area (Å²) in [7, 11) is -9.91. The normalized spacial score (nSPS) is 13.9. The molecule has 2 unspecified atom stereocenters. The number of carbonyl (C=O) groups is 4. The van der Waals surface area contributed by atoms with Crippen LogP contribution < -0.4 is 0 Å². The molecule has 0 rings (SSSR count). The number of ether oxygens (including phenoxy) is 4. The van der Waals surface area contributed by atoms with E-state index in [4.69, 9.17) is 37.0 Å². The number of esters is 4. The van der Waals surface area contributed by atoms with Crippen molar-refractivity contribution in [3.8, 4) is 0 Å². The molecule has 0 saturated carbocycles. The molecule has 0 aromatic carbocycles. The van der Waals surface area contributed by atoms with Crippen LogP contribution in [0.3, 0.4) is 0 Å². The van der Waals surface area contributed by atoms with E-state index in [-0.39, 0.29) is 25.7 Å². The smallest absolute Gasteiger partial charge is 0.462 e. The third kappa shape index (κ3) is 72.4. The van der Waals surface area contributed by atoms with Crippen molar-refractivity contribution in [1.29, 1.82) is 0 Å². The summed E-state index contributed by atoms with van der Waals surface area (Å²) in [6.07, 6.45) is 62.9. The van der Waals surface area contributed by atoms with Gasteiger partial charge in [0, 0.05) is 25.7 Å². The predicted octanol–water partition coefficient (Wildman–Crippen LogP) is 23.6. The van der Waals surface area contributed by atoms with Crippen molar-refractivity contribution in [1.82, 2.24) is 0 Å². The molecule has 19 heteroatoms. The summed E-state index contributed by atoms with van der Waals surface area (Å²) in [6.45, 7) is 7.22. The predicted molar refractivity (Wildman–Crippen MR) is 400 cm³/mol. The molecule has 0 saturated heterocycles. The largest absolute Gasteiger partial charge is 0.472 e. The maximum absolute atomic E-state index is 13.1. The standard InChI is InChI=1S/C79H154O17P2/c1-6-9-12-15-18-20-22-24-26-28-30-31-32-33-35-37-39-41-43-49-54-59-64-78(83)95-75(69-90-77(82)63-58-53-48-42-40-38-36-34-29-27-25-23-21-19-16-13-10-7-2)71-94-98(87,88)92-67-73(80)66-91-97(85,86)93-70-74(68-89-76(81)62-57-52-46-17-14-11-8-3)96-79(84)65-60-55-50-45-44-47-51-56-61-72(4)5/h72-75,80H,6-71H2,1-5H3,(H,85,86)(H,87,88)/t73-,74+,75+/m0/s1. The van der Waals surface area contributed by atoms with Gasteiger partial charge < -0.3 is 33.8 Å². The Hall–Kier alpha value is -1.94. The Balaban J connectivity index is 5.14. The average molecular weight is 1440 g/mol. The van der Waals surface area contributed by atoms with Crippen LogP contribution in [0.15, 0.2) is 0 Å². The average Bonchev–Trinajstić information content (AvgIpc) is 1.09. The number of aliphatic hydroxyl groups is 1. The fraction of sp³-hybridized carbons (Fsp3) is 0.949. The van der Waals surface area contributed by atoms with E-state index in [0.717, 1.165) is 109 Å². The number of phosphoric ester groups is 2. The molecule has 17 nitrogen and oxygen atoms in total. The quantitative estimate of drug-likeness (QED) is 0.0222. The van der Waals surface area contributed by atoms with Gasteiger partial charge >= 0.3 is 39.5 Å². The van der Waals surface area contributed by atoms with Crippen molar-refractivity contribution in [3.05, 3.63) is 0 Å². The van der Waals surface area contributed by atoms with Crippen LogP contribution in [0.25, 0.3) is 0 Å². The molecule has 0 radical (unpaired) electrons. The van der Waals surface area contributed by atoms with Crippen LogP contribution >= 0.6 is 15.6 Å². The van der Waals surface area contributed by atoms with E-state index < -0.39 is 97.5 Å². The van der Waals surface area contributed by atoms with Crippen molar-refractivity contribution < 1.29 is 80.2 Å².